The number of hydrogen-bond donors (Lipinski definition) is 2. The lowest BCUT2D eigenvalue weighted by Gasteiger charge is -2.29. The molecule has 1 fully saturated rings. The lowest BCUT2D eigenvalue weighted by molar-refractivity contribution is -0.145. The van der Waals surface area contributed by atoms with Gasteiger partial charge in [0, 0.05) is 6.54 Å². The van der Waals surface area contributed by atoms with Crippen molar-refractivity contribution in [3.05, 3.63) is 0 Å². The van der Waals surface area contributed by atoms with E-state index in [9.17, 15) is 9.90 Å². The van der Waals surface area contributed by atoms with Crippen LogP contribution in [0.1, 0.15) is 53.4 Å². The Morgan fingerprint density at radius 3 is 2.45 bits per heavy atom. The molecule has 2 unspecified atom stereocenters. The van der Waals surface area contributed by atoms with Gasteiger partial charge in [-0.15, -0.1) is 0 Å². The van der Waals surface area contributed by atoms with Crippen LogP contribution in [0.5, 0.6) is 0 Å². The number of hydrogen-bond acceptors (Lipinski definition) is 3. The Morgan fingerprint density at radius 2 is 2.05 bits per heavy atom. The molecule has 0 aromatic carbocycles. The molecule has 118 valence electrons. The van der Waals surface area contributed by atoms with E-state index in [1.54, 1.807) is 7.05 Å². The van der Waals surface area contributed by atoms with Crippen molar-refractivity contribution < 1.29 is 9.90 Å². The van der Waals surface area contributed by atoms with Gasteiger partial charge < -0.3 is 15.3 Å². The average Bonchev–Trinajstić information content (AvgIpc) is 2.83. The van der Waals surface area contributed by atoms with Gasteiger partial charge in [0.25, 0.3) is 0 Å². The molecule has 1 saturated heterocycles. The monoisotopic (exact) mass is 284 g/mol. The Kier molecular flexibility index (Phi) is 6.02. The van der Waals surface area contributed by atoms with E-state index in [1.165, 1.54) is 6.42 Å². The zero-order chi connectivity index (χ0) is 15.4. The zero-order valence-electron chi connectivity index (χ0n) is 13.8. The van der Waals surface area contributed by atoms with E-state index in [-0.39, 0.29) is 0 Å². The minimum atomic E-state index is -0.747. The first-order valence-corrected chi connectivity index (χ1v) is 7.90. The van der Waals surface area contributed by atoms with Crippen molar-refractivity contribution in [2.75, 3.05) is 26.7 Å². The molecule has 0 aromatic heterocycles. The lowest BCUT2D eigenvalue weighted by Crippen LogP contribution is -2.50. The molecule has 1 aliphatic heterocycles. The summed E-state index contributed by atoms with van der Waals surface area (Å²) in [5.74, 6) is 0.0405. The number of nitrogens with one attached hydrogen (secondary N) is 1. The summed E-state index contributed by atoms with van der Waals surface area (Å²) in [6.45, 7) is 12.2. The molecule has 2 N–H and O–H groups in total. The predicted molar refractivity (Wildman–Crippen MR) is 83.0 cm³/mol. The van der Waals surface area contributed by atoms with Crippen LogP contribution in [0.2, 0.25) is 0 Å². The Bertz CT molecular complexity index is 319. The fraction of sp³-hybridized carbons (Fsp3) is 0.938. The normalized spacial score (nSPS) is 23.8. The molecular weight excluding hydrogens is 252 g/mol. The molecule has 0 radical (unpaired) electrons. The largest absolute Gasteiger partial charge is 0.480 e. The Hall–Kier alpha value is -0.610. The van der Waals surface area contributed by atoms with E-state index < -0.39 is 11.5 Å². The Morgan fingerprint density at radius 1 is 1.40 bits per heavy atom. The molecule has 0 spiro atoms. The van der Waals surface area contributed by atoms with Crippen LogP contribution in [0.3, 0.4) is 0 Å². The van der Waals surface area contributed by atoms with Crippen LogP contribution in [0.25, 0.3) is 0 Å². The maximum Gasteiger partial charge on any atom is 0.323 e. The van der Waals surface area contributed by atoms with Gasteiger partial charge in [0.1, 0.15) is 5.54 Å². The smallest absolute Gasteiger partial charge is 0.323 e. The third kappa shape index (κ3) is 4.19. The van der Waals surface area contributed by atoms with Gasteiger partial charge in [0.2, 0.25) is 0 Å². The summed E-state index contributed by atoms with van der Waals surface area (Å²) in [6.07, 6.45) is 3.54. The number of carboxylic acid groups (broad SMARTS) is 1. The molecular formula is C16H32N2O2. The van der Waals surface area contributed by atoms with Gasteiger partial charge in [-0.2, -0.15) is 0 Å². The first-order chi connectivity index (χ1) is 9.25. The molecule has 4 nitrogen and oxygen atoms in total. The molecule has 1 rings (SSSR count). The van der Waals surface area contributed by atoms with E-state index in [2.05, 4.69) is 31.0 Å². The third-order valence-corrected chi connectivity index (χ3v) is 5.07. The summed E-state index contributed by atoms with van der Waals surface area (Å²) >= 11 is 0. The third-order valence-electron chi connectivity index (χ3n) is 5.07. The van der Waals surface area contributed by atoms with Crippen molar-refractivity contribution in [1.29, 1.82) is 0 Å². The molecule has 0 amide bonds. The van der Waals surface area contributed by atoms with Crippen LogP contribution in [-0.2, 0) is 4.79 Å². The average molecular weight is 284 g/mol. The standard InChI is InChI=1S/C16H32N2O2/c1-6-16(17-5,14(19)20)9-7-10-18-11-8-13(12-18)15(2,3)4/h13,17H,6-12H2,1-5H3,(H,19,20). The maximum atomic E-state index is 11.4. The second kappa shape index (κ2) is 6.90. The summed E-state index contributed by atoms with van der Waals surface area (Å²) in [7, 11) is 1.75. The van der Waals surface area contributed by atoms with Gasteiger partial charge in [-0.1, -0.05) is 27.7 Å². The van der Waals surface area contributed by atoms with Crippen LogP contribution in [0, 0.1) is 11.3 Å². The molecule has 0 saturated carbocycles. The van der Waals surface area contributed by atoms with Crippen molar-refractivity contribution in [3.63, 3.8) is 0 Å². The first kappa shape index (κ1) is 17.4. The van der Waals surface area contributed by atoms with Crippen LogP contribution >= 0.6 is 0 Å². The lowest BCUT2D eigenvalue weighted by atomic mass is 9.80. The summed E-state index contributed by atoms with van der Waals surface area (Å²) in [4.78, 5) is 13.9. The second-order valence-electron chi connectivity index (χ2n) is 7.25. The molecule has 20 heavy (non-hydrogen) atoms. The first-order valence-electron chi connectivity index (χ1n) is 7.90. The predicted octanol–water partition coefficient (Wildman–Crippen LogP) is 2.59. The molecule has 0 bridgehead atoms. The molecule has 2 atom stereocenters. The van der Waals surface area contributed by atoms with Crippen LogP contribution in [0.4, 0.5) is 0 Å². The summed E-state index contributed by atoms with van der Waals surface area (Å²) in [5.41, 5.74) is -0.364. The molecule has 0 aliphatic carbocycles. The number of aliphatic carboxylic acids is 1. The van der Waals surface area contributed by atoms with Crippen LogP contribution in [-0.4, -0.2) is 48.2 Å². The number of rotatable bonds is 7. The fourth-order valence-corrected chi connectivity index (χ4v) is 3.19. The SMILES string of the molecule is CCC(CCCN1CCC(C(C)(C)C)C1)(NC)C(=O)O. The fourth-order valence-electron chi connectivity index (χ4n) is 3.19. The van der Waals surface area contributed by atoms with Gasteiger partial charge >= 0.3 is 5.97 Å². The highest BCUT2D eigenvalue weighted by atomic mass is 16.4. The summed E-state index contributed by atoms with van der Waals surface area (Å²) in [6, 6.07) is 0. The molecule has 4 heteroatoms. The van der Waals surface area contributed by atoms with E-state index >= 15 is 0 Å². The van der Waals surface area contributed by atoms with E-state index in [0.717, 1.165) is 32.0 Å². The van der Waals surface area contributed by atoms with Gasteiger partial charge in [-0.05, 0) is 57.2 Å². The Balaban J connectivity index is 2.40. The van der Waals surface area contributed by atoms with Gasteiger partial charge in [0.15, 0.2) is 0 Å². The molecule has 0 aromatic rings. The maximum absolute atomic E-state index is 11.4. The van der Waals surface area contributed by atoms with E-state index in [0.29, 0.717) is 18.3 Å². The van der Waals surface area contributed by atoms with Crippen molar-refractivity contribution >= 4 is 5.97 Å². The number of likely N-dealkylation sites (tertiary alicyclic amines) is 1. The minimum Gasteiger partial charge on any atom is -0.480 e. The molecule has 1 heterocycles. The minimum absolute atomic E-state index is 0.383. The number of nitrogens with zero attached hydrogens (tertiary/aromatic N) is 1. The van der Waals surface area contributed by atoms with Gasteiger partial charge in [-0.3, -0.25) is 4.79 Å². The summed E-state index contributed by atoms with van der Waals surface area (Å²) in [5, 5.41) is 12.4. The molecule has 1 aliphatic rings. The topological polar surface area (TPSA) is 52.6 Å². The van der Waals surface area contributed by atoms with Crippen LogP contribution in [0.15, 0.2) is 0 Å². The van der Waals surface area contributed by atoms with Crippen molar-refractivity contribution in [2.24, 2.45) is 11.3 Å². The van der Waals surface area contributed by atoms with Crippen LogP contribution < -0.4 is 5.32 Å². The number of carbonyl (C=O) groups is 1. The van der Waals surface area contributed by atoms with Crippen molar-refractivity contribution in [1.82, 2.24) is 10.2 Å². The highest BCUT2D eigenvalue weighted by molar-refractivity contribution is 5.78. The highest BCUT2D eigenvalue weighted by Gasteiger charge is 2.35. The highest BCUT2D eigenvalue weighted by Crippen LogP contribution is 2.33. The zero-order valence-corrected chi connectivity index (χ0v) is 13.8. The Labute approximate surface area is 123 Å². The van der Waals surface area contributed by atoms with E-state index in [4.69, 9.17) is 0 Å². The van der Waals surface area contributed by atoms with Crippen molar-refractivity contribution in [3.8, 4) is 0 Å². The second-order valence-corrected chi connectivity index (χ2v) is 7.25. The quantitative estimate of drug-likeness (QED) is 0.754. The van der Waals surface area contributed by atoms with E-state index in [1.807, 2.05) is 6.92 Å². The number of carboxylic acids is 1. The van der Waals surface area contributed by atoms with Crippen molar-refractivity contribution in [2.45, 2.75) is 58.9 Å². The summed E-state index contributed by atoms with van der Waals surface area (Å²) < 4.78 is 0. The van der Waals surface area contributed by atoms with Gasteiger partial charge in [-0.25, -0.2) is 0 Å². The number of likely N-dealkylation sites (N-methyl/N-ethyl adjacent to an activating group) is 1. The van der Waals surface area contributed by atoms with Gasteiger partial charge in [0.05, 0.1) is 0 Å².